The molecular formula is C5H8N2O2S2. The number of rotatable bonds is 2. The van der Waals surface area contributed by atoms with Crippen molar-refractivity contribution in [2.24, 2.45) is 5.73 Å². The Balaban J connectivity index is 2.54. The van der Waals surface area contributed by atoms with Crippen LogP contribution in [0.2, 0.25) is 0 Å². The SMILES string of the molecule is NC(=O)CN1C(=O)CSC1S. The normalized spacial score (nSPS) is 24.3. The summed E-state index contributed by atoms with van der Waals surface area (Å²) in [6, 6.07) is 0. The topological polar surface area (TPSA) is 63.4 Å². The van der Waals surface area contributed by atoms with Crippen LogP contribution in [0.15, 0.2) is 0 Å². The van der Waals surface area contributed by atoms with Gasteiger partial charge in [0.1, 0.15) is 11.3 Å². The molecule has 0 radical (unpaired) electrons. The van der Waals surface area contributed by atoms with E-state index in [1.54, 1.807) is 0 Å². The van der Waals surface area contributed by atoms with Crippen LogP contribution < -0.4 is 5.73 Å². The highest BCUT2D eigenvalue weighted by Gasteiger charge is 2.29. The van der Waals surface area contributed by atoms with Gasteiger partial charge >= 0.3 is 0 Å². The van der Waals surface area contributed by atoms with E-state index in [9.17, 15) is 9.59 Å². The van der Waals surface area contributed by atoms with Gasteiger partial charge in [-0.1, -0.05) is 0 Å². The molecule has 1 unspecified atom stereocenters. The van der Waals surface area contributed by atoms with Crippen LogP contribution in [0.4, 0.5) is 0 Å². The van der Waals surface area contributed by atoms with Gasteiger partial charge in [0.2, 0.25) is 11.8 Å². The lowest BCUT2D eigenvalue weighted by Gasteiger charge is -2.16. The van der Waals surface area contributed by atoms with Gasteiger partial charge in [0.25, 0.3) is 0 Å². The Labute approximate surface area is 73.9 Å². The maximum absolute atomic E-state index is 11.0. The summed E-state index contributed by atoms with van der Waals surface area (Å²) in [5.41, 5.74) is 4.92. The third-order valence-corrected chi connectivity index (χ3v) is 2.96. The van der Waals surface area contributed by atoms with Gasteiger partial charge in [-0.2, -0.15) is 0 Å². The number of amides is 2. The smallest absolute Gasteiger partial charge is 0.237 e. The molecular weight excluding hydrogens is 184 g/mol. The lowest BCUT2D eigenvalue weighted by atomic mass is 10.5. The molecule has 0 saturated carbocycles. The van der Waals surface area contributed by atoms with E-state index in [4.69, 9.17) is 5.73 Å². The van der Waals surface area contributed by atoms with Crippen molar-refractivity contribution in [2.75, 3.05) is 12.3 Å². The minimum Gasteiger partial charge on any atom is -0.368 e. The van der Waals surface area contributed by atoms with Crippen LogP contribution in [0.3, 0.4) is 0 Å². The molecule has 62 valence electrons. The zero-order valence-electron chi connectivity index (χ0n) is 5.69. The zero-order chi connectivity index (χ0) is 8.43. The van der Waals surface area contributed by atoms with Crippen molar-refractivity contribution in [2.45, 2.75) is 4.71 Å². The molecule has 1 saturated heterocycles. The van der Waals surface area contributed by atoms with Crippen LogP contribution in [-0.4, -0.2) is 33.7 Å². The van der Waals surface area contributed by atoms with Gasteiger partial charge < -0.3 is 10.6 Å². The summed E-state index contributed by atoms with van der Waals surface area (Å²) in [7, 11) is 0. The molecule has 0 aromatic heterocycles. The average molecular weight is 192 g/mol. The van der Waals surface area contributed by atoms with Gasteiger partial charge in [0.05, 0.1) is 5.75 Å². The first-order chi connectivity index (χ1) is 5.11. The van der Waals surface area contributed by atoms with Crippen LogP contribution in [0.25, 0.3) is 0 Å². The van der Waals surface area contributed by atoms with Crippen molar-refractivity contribution >= 4 is 36.2 Å². The second-order valence-electron chi connectivity index (χ2n) is 2.13. The molecule has 11 heavy (non-hydrogen) atoms. The highest BCUT2D eigenvalue weighted by Crippen LogP contribution is 2.26. The molecule has 6 heteroatoms. The maximum Gasteiger partial charge on any atom is 0.237 e. The van der Waals surface area contributed by atoms with E-state index in [0.717, 1.165) is 0 Å². The first-order valence-electron chi connectivity index (χ1n) is 2.98. The first-order valence-corrected chi connectivity index (χ1v) is 4.55. The van der Waals surface area contributed by atoms with E-state index in [1.165, 1.54) is 16.7 Å². The molecule has 0 spiro atoms. The molecule has 1 aliphatic heterocycles. The Morgan fingerprint density at radius 3 is 2.91 bits per heavy atom. The standard InChI is InChI=1S/C5H8N2O2S2/c6-3(8)1-7-4(9)2-11-5(7)10/h5,10H,1-2H2,(H2,6,8). The first kappa shape index (κ1) is 8.73. The largest absolute Gasteiger partial charge is 0.368 e. The molecule has 2 amide bonds. The predicted molar refractivity (Wildman–Crippen MR) is 46.1 cm³/mol. The number of hydrogen-bond acceptors (Lipinski definition) is 4. The van der Waals surface area contributed by atoms with Crippen molar-refractivity contribution in [3.63, 3.8) is 0 Å². The highest BCUT2D eigenvalue weighted by molar-refractivity contribution is 8.11. The minimum atomic E-state index is -0.500. The molecule has 4 nitrogen and oxygen atoms in total. The van der Waals surface area contributed by atoms with Crippen LogP contribution in [0.1, 0.15) is 0 Å². The predicted octanol–water partition coefficient (Wildman–Crippen LogP) is -0.739. The maximum atomic E-state index is 11.0. The summed E-state index contributed by atoms with van der Waals surface area (Å²) in [4.78, 5) is 22.8. The fourth-order valence-electron chi connectivity index (χ4n) is 0.776. The molecule has 0 aliphatic carbocycles. The van der Waals surface area contributed by atoms with E-state index < -0.39 is 5.91 Å². The van der Waals surface area contributed by atoms with Crippen molar-refractivity contribution in [1.29, 1.82) is 0 Å². The van der Waals surface area contributed by atoms with Gasteiger partial charge in [-0.15, -0.1) is 24.4 Å². The van der Waals surface area contributed by atoms with Gasteiger partial charge in [-0.25, -0.2) is 0 Å². The molecule has 1 atom stereocenters. The zero-order valence-corrected chi connectivity index (χ0v) is 7.40. The molecule has 1 rings (SSSR count). The van der Waals surface area contributed by atoms with Crippen molar-refractivity contribution in [3.8, 4) is 0 Å². The summed E-state index contributed by atoms with van der Waals surface area (Å²) in [6.07, 6.45) is 0. The summed E-state index contributed by atoms with van der Waals surface area (Å²) in [5, 5.41) is 0. The summed E-state index contributed by atoms with van der Waals surface area (Å²) >= 11 is 5.47. The van der Waals surface area contributed by atoms with E-state index in [2.05, 4.69) is 12.6 Å². The van der Waals surface area contributed by atoms with Crippen molar-refractivity contribution < 1.29 is 9.59 Å². The number of carbonyl (C=O) groups is 2. The average Bonchev–Trinajstić information content (AvgIpc) is 2.18. The fraction of sp³-hybridized carbons (Fsp3) is 0.600. The lowest BCUT2D eigenvalue weighted by molar-refractivity contribution is -0.131. The van der Waals surface area contributed by atoms with Crippen molar-refractivity contribution in [1.82, 2.24) is 4.90 Å². The minimum absolute atomic E-state index is 0.0278. The second kappa shape index (κ2) is 3.36. The van der Waals surface area contributed by atoms with E-state index in [-0.39, 0.29) is 17.2 Å². The summed E-state index contributed by atoms with van der Waals surface area (Å²) in [6.45, 7) is -0.0278. The Bertz CT molecular complexity index is 197. The number of nitrogens with zero attached hydrogens (tertiary/aromatic N) is 1. The third kappa shape index (κ3) is 2.03. The van der Waals surface area contributed by atoms with Gasteiger partial charge in [-0.3, -0.25) is 9.59 Å². The lowest BCUT2D eigenvalue weighted by Crippen LogP contribution is -2.37. The van der Waals surface area contributed by atoms with Crippen molar-refractivity contribution in [3.05, 3.63) is 0 Å². The summed E-state index contributed by atoms with van der Waals surface area (Å²) < 4.78 is -0.213. The van der Waals surface area contributed by atoms with Crippen LogP contribution in [-0.2, 0) is 9.59 Å². The molecule has 1 heterocycles. The Morgan fingerprint density at radius 2 is 2.55 bits per heavy atom. The van der Waals surface area contributed by atoms with E-state index in [1.807, 2.05) is 0 Å². The number of thiol groups is 1. The molecule has 0 bridgehead atoms. The number of nitrogens with two attached hydrogens (primary N) is 1. The fourth-order valence-corrected chi connectivity index (χ4v) is 2.04. The Hall–Kier alpha value is -0.360. The molecule has 0 aromatic carbocycles. The molecule has 0 aromatic rings. The van der Waals surface area contributed by atoms with E-state index in [0.29, 0.717) is 5.75 Å². The van der Waals surface area contributed by atoms with Crippen LogP contribution in [0, 0.1) is 0 Å². The number of carbonyl (C=O) groups excluding carboxylic acids is 2. The molecule has 1 aliphatic rings. The molecule has 2 N–H and O–H groups in total. The van der Waals surface area contributed by atoms with Gasteiger partial charge in [-0.05, 0) is 0 Å². The highest BCUT2D eigenvalue weighted by atomic mass is 32.2. The Morgan fingerprint density at radius 1 is 1.91 bits per heavy atom. The van der Waals surface area contributed by atoms with Crippen LogP contribution >= 0.6 is 24.4 Å². The van der Waals surface area contributed by atoms with Gasteiger partial charge in [0.15, 0.2) is 0 Å². The summed E-state index contributed by atoms with van der Waals surface area (Å²) in [5.74, 6) is -0.185. The number of hydrogen-bond donors (Lipinski definition) is 2. The molecule has 1 fully saturated rings. The monoisotopic (exact) mass is 192 g/mol. The van der Waals surface area contributed by atoms with Crippen LogP contribution in [0.5, 0.6) is 0 Å². The number of thioether (sulfide) groups is 1. The van der Waals surface area contributed by atoms with Gasteiger partial charge in [0, 0.05) is 0 Å². The Kier molecular flexibility index (Phi) is 2.67. The number of primary amides is 1. The second-order valence-corrected chi connectivity index (χ2v) is 4.03. The quantitative estimate of drug-likeness (QED) is 0.566. The van der Waals surface area contributed by atoms with E-state index >= 15 is 0 Å². The third-order valence-electron chi connectivity index (χ3n) is 1.27.